The fourth-order valence-corrected chi connectivity index (χ4v) is 3.21. The van der Waals surface area contributed by atoms with Crippen molar-refractivity contribution in [2.75, 3.05) is 12.4 Å². The highest BCUT2D eigenvalue weighted by Crippen LogP contribution is 2.17. The molecule has 0 aliphatic carbocycles. The molecule has 0 amide bonds. The third-order valence-electron chi connectivity index (χ3n) is 2.35. The first-order chi connectivity index (χ1) is 6.58. The van der Waals surface area contributed by atoms with Crippen LogP contribution >= 0.6 is 0 Å². The SMILES string of the molecule is CCCCCS(=O)(=O)[C@H]1CCOC1=O. The van der Waals surface area contributed by atoms with Crippen molar-refractivity contribution in [1.82, 2.24) is 0 Å². The van der Waals surface area contributed by atoms with E-state index in [2.05, 4.69) is 4.74 Å². The topological polar surface area (TPSA) is 60.4 Å². The Morgan fingerprint density at radius 3 is 2.64 bits per heavy atom. The van der Waals surface area contributed by atoms with Gasteiger partial charge in [-0.2, -0.15) is 0 Å². The minimum Gasteiger partial charge on any atom is -0.465 e. The zero-order valence-corrected chi connectivity index (χ0v) is 9.18. The van der Waals surface area contributed by atoms with E-state index in [-0.39, 0.29) is 12.4 Å². The molecule has 1 heterocycles. The Morgan fingerprint density at radius 1 is 1.43 bits per heavy atom. The van der Waals surface area contributed by atoms with Crippen LogP contribution in [0.4, 0.5) is 0 Å². The lowest BCUT2D eigenvalue weighted by molar-refractivity contribution is -0.137. The Labute approximate surface area is 84.6 Å². The smallest absolute Gasteiger partial charge is 0.324 e. The molecule has 0 unspecified atom stereocenters. The second-order valence-electron chi connectivity index (χ2n) is 3.52. The first kappa shape index (κ1) is 11.5. The van der Waals surface area contributed by atoms with Crippen molar-refractivity contribution in [2.45, 2.75) is 37.9 Å². The number of cyclic esters (lactones) is 1. The maximum atomic E-state index is 11.6. The molecule has 0 bridgehead atoms. The second kappa shape index (κ2) is 4.77. The second-order valence-corrected chi connectivity index (χ2v) is 5.82. The predicted molar refractivity (Wildman–Crippen MR) is 52.7 cm³/mol. The van der Waals surface area contributed by atoms with E-state index in [1.807, 2.05) is 6.92 Å². The van der Waals surface area contributed by atoms with Crippen molar-refractivity contribution >= 4 is 15.8 Å². The number of rotatable bonds is 5. The minimum absolute atomic E-state index is 0.112. The molecule has 82 valence electrons. The van der Waals surface area contributed by atoms with E-state index < -0.39 is 21.1 Å². The third-order valence-corrected chi connectivity index (χ3v) is 4.51. The van der Waals surface area contributed by atoms with E-state index in [4.69, 9.17) is 0 Å². The van der Waals surface area contributed by atoms with E-state index in [1.165, 1.54) is 0 Å². The molecule has 14 heavy (non-hydrogen) atoms. The van der Waals surface area contributed by atoms with E-state index in [1.54, 1.807) is 0 Å². The van der Waals surface area contributed by atoms with Crippen LogP contribution in [0.2, 0.25) is 0 Å². The summed E-state index contributed by atoms with van der Waals surface area (Å²) < 4.78 is 27.9. The Hall–Kier alpha value is -0.580. The van der Waals surface area contributed by atoms with Crippen molar-refractivity contribution in [2.24, 2.45) is 0 Å². The largest absolute Gasteiger partial charge is 0.465 e. The molecule has 0 aromatic carbocycles. The lowest BCUT2D eigenvalue weighted by Crippen LogP contribution is -2.28. The van der Waals surface area contributed by atoms with E-state index >= 15 is 0 Å². The molecule has 0 saturated carbocycles. The maximum absolute atomic E-state index is 11.6. The van der Waals surface area contributed by atoms with Gasteiger partial charge in [0.2, 0.25) is 0 Å². The number of ether oxygens (including phenoxy) is 1. The molecule has 0 aromatic heterocycles. The highest BCUT2D eigenvalue weighted by molar-refractivity contribution is 7.92. The van der Waals surface area contributed by atoms with Crippen molar-refractivity contribution in [3.05, 3.63) is 0 Å². The number of sulfone groups is 1. The quantitative estimate of drug-likeness (QED) is 0.510. The minimum atomic E-state index is -3.26. The molecule has 5 heteroatoms. The highest BCUT2D eigenvalue weighted by Gasteiger charge is 2.37. The van der Waals surface area contributed by atoms with E-state index in [0.717, 1.165) is 12.8 Å². The Balaban J connectivity index is 2.52. The van der Waals surface area contributed by atoms with Gasteiger partial charge in [0, 0.05) is 6.42 Å². The van der Waals surface area contributed by atoms with Gasteiger partial charge in [-0.15, -0.1) is 0 Å². The highest BCUT2D eigenvalue weighted by atomic mass is 32.2. The third kappa shape index (κ3) is 2.70. The fourth-order valence-electron chi connectivity index (χ4n) is 1.50. The van der Waals surface area contributed by atoms with Gasteiger partial charge in [0.1, 0.15) is 0 Å². The van der Waals surface area contributed by atoms with E-state index in [0.29, 0.717) is 12.8 Å². The molecule has 4 nitrogen and oxygen atoms in total. The standard InChI is InChI=1S/C9H16O4S/c1-2-3-4-7-14(11,12)8-5-6-13-9(8)10/h8H,2-7H2,1H3/t8-/m0/s1. The van der Waals surface area contributed by atoms with Gasteiger partial charge in [0.05, 0.1) is 12.4 Å². The van der Waals surface area contributed by atoms with Crippen LogP contribution < -0.4 is 0 Å². The van der Waals surface area contributed by atoms with Crippen LogP contribution in [0.25, 0.3) is 0 Å². The number of hydrogen-bond donors (Lipinski definition) is 0. The summed E-state index contributed by atoms with van der Waals surface area (Å²) in [4.78, 5) is 11.1. The molecule has 1 atom stereocenters. The molecule has 1 rings (SSSR count). The fraction of sp³-hybridized carbons (Fsp3) is 0.889. The molecular weight excluding hydrogens is 204 g/mol. The lowest BCUT2D eigenvalue weighted by Gasteiger charge is -2.06. The van der Waals surface area contributed by atoms with Crippen LogP contribution in [0.5, 0.6) is 0 Å². The van der Waals surface area contributed by atoms with Crippen molar-refractivity contribution in [3.8, 4) is 0 Å². The predicted octanol–water partition coefficient (Wildman–Crippen LogP) is 0.907. The normalized spacial score (nSPS) is 22.4. The summed E-state index contributed by atoms with van der Waals surface area (Å²) in [5.74, 6) is -0.456. The maximum Gasteiger partial charge on any atom is 0.324 e. The summed E-state index contributed by atoms with van der Waals surface area (Å²) in [6, 6.07) is 0. The summed E-state index contributed by atoms with van der Waals surface area (Å²) in [7, 11) is -3.26. The van der Waals surface area contributed by atoms with Gasteiger partial charge in [0.15, 0.2) is 15.1 Å². The van der Waals surface area contributed by atoms with Crippen LogP contribution in [0, 0.1) is 0 Å². The molecule has 0 N–H and O–H groups in total. The summed E-state index contributed by atoms with van der Waals surface area (Å²) >= 11 is 0. The molecule has 1 fully saturated rings. The van der Waals surface area contributed by atoms with Crippen molar-refractivity contribution in [3.63, 3.8) is 0 Å². The number of esters is 1. The van der Waals surface area contributed by atoms with Crippen LogP contribution in [-0.2, 0) is 19.4 Å². The van der Waals surface area contributed by atoms with Gasteiger partial charge in [-0.3, -0.25) is 4.79 Å². The summed E-state index contributed by atoms with van der Waals surface area (Å²) in [5, 5.41) is -0.889. The Kier molecular flexibility index (Phi) is 3.92. The zero-order valence-electron chi connectivity index (χ0n) is 8.36. The van der Waals surface area contributed by atoms with Crippen LogP contribution in [0.15, 0.2) is 0 Å². The number of hydrogen-bond acceptors (Lipinski definition) is 4. The molecular formula is C9H16O4S. The summed E-state index contributed by atoms with van der Waals surface area (Å²) in [6.07, 6.45) is 2.83. The number of unbranched alkanes of at least 4 members (excludes halogenated alkanes) is 2. The molecule has 0 aromatic rings. The molecule has 1 aliphatic heterocycles. The lowest BCUT2D eigenvalue weighted by atomic mass is 10.3. The summed E-state index contributed by atoms with van der Waals surface area (Å²) in [5.41, 5.74) is 0. The van der Waals surface area contributed by atoms with Crippen molar-refractivity contribution < 1.29 is 17.9 Å². The van der Waals surface area contributed by atoms with Crippen molar-refractivity contribution in [1.29, 1.82) is 0 Å². The first-order valence-electron chi connectivity index (χ1n) is 4.96. The number of carbonyl (C=O) groups is 1. The van der Waals surface area contributed by atoms with E-state index in [9.17, 15) is 13.2 Å². The van der Waals surface area contributed by atoms with Crippen LogP contribution in [0.3, 0.4) is 0 Å². The monoisotopic (exact) mass is 220 g/mol. The first-order valence-corrected chi connectivity index (χ1v) is 6.67. The van der Waals surface area contributed by atoms with Gasteiger partial charge >= 0.3 is 5.97 Å². The molecule has 0 radical (unpaired) electrons. The number of carbonyl (C=O) groups excluding carboxylic acids is 1. The van der Waals surface area contributed by atoms with Crippen LogP contribution in [-0.4, -0.2) is 32.0 Å². The van der Waals surface area contributed by atoms with Gasteiger partial charge in [-0.25, -0.2) is 8.42 Å². The van der Waals surface area contributed by atoms with Gasteiger partial charge in [-0.05, 0) is 6.42 Å². The Bertz CT molecular complexity index is 294. The summed E-state index contributed by atoms with van der Waals surface area (Å²) in [6.45, 7) is 2.26. The van der Waals surface area contributed by atoms with Gasteiger partial charge in [-0.1, -0.05) is 19.8 Å². The molecule has 0 spiro atoms. The average molecular weight is 220 g/mol. The Morgan fingerprint density at radius 2 is 2.14 bits per heavy atom. The van der Waals surface area contributed by atoms with Gasteiger partial charge in [0.25, 0.3) is 0 Å². The molecule has 1 saturated heterocycles. The zero-order chi connectivity index (χ0) is 10.6. The molecule has 1 aliphatic rings. The van der Waals surface area contributed by atoms with Crippen LogP contribution in [0.1, 0.15) is 32.6 Å². The van der Waals surface area contributed by atoms with Gasteiger partial charge < -0.3 is 4.74 Å². The average Bonchev–Trinajstić information content (AvgIpc) is 2.52.